The minimum absolute atomic E-state index is 0.974. The Bertz CT molecular complexity index is 125. The molecular weight excluding hydrogens is 130 g/mol. The Labute approximate surface area is 60.3 Å². The van der Waals surface area contributed by atoms with Gasteiger partial charge in [0.15, 0.2) is 0 Å². The maximum Gasteiger partial charge on any atom is 0.308 e. The van der Waals surface area contributed by atoms with Crippen molar-refractivity contribution in [3.05, 3.63) is 0 Å². The first-order valence-corrected chi connectivity index (χ1v) is 3.49. The monoisotopic (exact) mass is 141 g/mol. The van der Waals surface area contributed by atoms with Crippen LogP contribution in [0.4, 0.5) is 0 Å². The van der Waals surface area contributed by atoms with Crippen molar-refractivity contribution in [2.24, 2.45) is 0 Å². The molecule has 0 unspecified atom stereocenters. The molecule has 1 aliphatic heterocycles. The van der Waals surface area contributed by atoms with Crippen molar-refractivity contribution in [3.63, 3.8) is 0 Å². The molecule has 0 aliphatic carbocycles. The van der Waals surface area contributed by atoms with E-state index >= 15 is 0 Å². The molecule has 4 heteroatoms. The topological polar surface area (TPSA) is 48.3 Å². The molecule has 0 aromatic carbocycles. The average molecular weight is 141 g/mol. The first kappa shape index (κ1) is 7.32. The number of hydrazine groups is 1. The Kier molecular flexibility index (Phi) is 3.00. The lowest BCUT2D eigenvalue weighted by molar-refractivity contribution is -0.0328. The zero-order valence-corrected chi connectivity index (χ0v) is 5.84. The molecule has 0 saturated carbocycles. The van der Waals surface area contributed by atoms with E-state index in [2.05, 4.69) is 10.4 Å². The van der Waals surface area contributed by atoms with E-state index in [0.29, 0.717) is 0 Å². The number of rotatable bonds is 2. The Morgan fingerprint density at radius 1 is 1.30 bits per heavy atom. The highest BCUT2D eigenvalue weighted by Gasteiger charge is 2.08. The van der Waals surface area contributed by atoms with E-state index in [-0.39, 0.29) is 0 Å². The fourth-order valence-corrected chi connectivity index (χ4v) is 1.07. The minimum atomic E-state index is 0.974. The third-order valence-electron chi connectivity index (χ3n) is 1.58. The van der Waals surface area contributed by atoms with Crippen LogP contribution in [0.15, 0.2) is 0 Å². The van der Waals surface area contributed by atoms with Crippen molar-refractivity contribution >= 4 is 0 Å². The van der Waals surface area contributed by atoms with Crippen molar-refractivity contribution < 1.29 is 4.84 Å². The van der Waals surface area contributed by atoms with Gasteiger partial charge in [0.2, 0.25) is 0 Å². The smallest absolute Gasteiger partial charge is 0.308 e. The third kappa shape index (κ3) is 2.21. The van der Waals surface area contributed by atoms with E-state index in [1.54, 1.807) is 6.26 Å². The molecule has 1 fully saturated rings. The van der Waals surface area contributed by atoms with E-state index in [0.717, 1.165) is 13.1 Å². The van der Waals surface area contributed by atoms with Crippen molar-refractivity contribution in [1.29, 1.82) is 5.26 Å². The maximum absolute atomic E-state index is 8.04. The summed E-state index contributed by atoms with van der Waals surface area (Å²) in [5.41, 5.74) is 2.54. The Hall–Kier alpha value is -0.790. The number of hydrogen-bond acceptors (Lipinski definition) is 4. The summed E-state index contributed by atoms with van der Waals surface area (Å²) >= 11 is 0. The zero-order valence-electron chi connectivity index (χ0n) is 5.84. The summed E-state index contributed by atoms with van der Waals surface area (Å²) in [7, 11) is 0. The molecule has 1 N–H and O–H groups in total. The summed E-state index contributed by atoms with van der Waals surface area (Å²) in [6.07, 6.45) is 5.21. The number of nitrogens with one attached hydrogen (secondary N) is 1. The first-order chi connectivity index (χ1) is 4.93. The summed E-state index contributed by atoms with van der Waals surface area (Å²) in [6.45, 7) is 1.95. The second-order valence-corrected chi connectivity index (χ2v) is 2.33. The van der Waals surface area contributed by atoms with E-state index in [4.69, 9.17) is 5.26 Å². The van der Waals surface area contributed by atoms with Gasteiger partial charge in [0.25, 0.3) is 0 Å². The van der Waals surface area contributed by atoms with Crippen LogP contribution in [0.25, 0.3) is 0 Å². The number of nitriles is 1. The zero-order chi connectivity index (χ0) is 7.23. The normalized spacial score (nSPS) is 19.9. The van der Waals surface area contributed by atoms with Gasteiger partial charge in [-0.1, -0.05) is 12.0 Å². The molecule has 0 atom stereocenters. The van der Waals surface area contributed by atoms with Gasteiger partial charge in [0.1, 0.15) is 0 Å². The van der Waals surface area contributed by atoms with Crippen molar-refractivity contribution in [2.45, 2.75) is 19.3 Å². The molecule has 4 nitrogen and oxygen atoms in total. The predicted octanol–water partition coefficient (Wildman–Crippen LogP) is 0.390. The van der Waals surface area contributed by atoms with Crippen LogP contribution in [0.3, 0.4) is 0 Å². The van der Waals surface area contributed by atoms with Crippen LogP contribution in [0.2, 0.25) is 0 Å². The van der Waals surface area contributed by atoms with Gasteiger partial charge in [0, 0.05) is 13.1 Å². The Balaban J connectivity index is 2.09. The van der Waals surface area contributed by atoms with E-state index in [9.17, 15) is 0 Å². The predicted molar refractivity (Wildman–Crippen MR) is 35.3 cm³/mol. The summed E-state index contributed by atoms with van der Waals surface area (Å²) in [5, 5.41) is 9.94. The van der Waals surface area contributed by atoms with Crippen LogP contribution in [0.5, 0.6) is 0 Å². The van der Waals surface area contributed by atoms with Gasteiger partial charge in [0.05, 0.1) is 0 Å². The molecule has 1 aliphatic rings. The molecule has 1 rings (SSSR count). The SMILES string of the molecule is N#CONN1CCCCC1. The molecule has 56 valence electrons. The molecule has 0 bridgehead atoms. The van der Waals surface area contributed by atoms with Crippen LogP contribution in [-0.4, -0.2) is 18.1 Å². The minimum Gasteiger partial charge on any atom is -0.315 e. The van der Waals surface area contributed by atoms with Gasteiger partial charge in [-0.2, -0.15) is 0 Å². The lowest BCUT2D eigenvalue weighted by atomic mass is 10.2. The summed E-state index contributed by atoms with van der Waals surface area (Å²) < 4.78 is 0. The highest BCUT2D eigenvalue weighted by molar-refractivity contribution is 4.58. The van der Waals surface area contributed by atoms with Crippen LogP contribution in [-0.2, 0) is 4.84 Å². The fourth-order valence-electron chi connectivity index (χ4n) is 1.07. The Morgan fingerprint density at radius 2 is 2.00 bits per heavy atom. The second kappa shape index (κ2) is 4.09. The van der Waals surface area contributed by atoms with Crippen molar-refractivity contribution in [1.82, 2.24) is 10.6 Å². The lowest BCUT2D eigenvalue weighted by Gasteiger charge is -2.24. The highest BCUT2D eigenvalue weighted by atomic mass is 16.7. The van der Waals surface area contributed by atoms with Crippen LogP contribution in [0, 0.1) is 11.5 Å². The summed E-state index contributed by atoms with van der Waals surface area (Å²) in [5.74, 6) is 0. The second-order valence-electron chi connectivity index (χ2n) is 2.33. The van der Waals surface area contributed by atoms with E-state index < -0.39 is 0 Å². The standard InChI is InChI=1S/C6H11N3O/c7-6-10-8-9-4-2-1-3-5-9/h8H,1-5H2. The van der Waals surface area contributed by atoms with Crippen LogP contribution >= 0.6 is 0 Å². The van der Waals surface area contributed by atoms with Gasteiger partial charge >= 0.3 is 6.26 Å². The van der Waals surface area contributed by atoms with Crippen LogP contribution in [0.1, 0.15) is 19.3 Å². The number of nitrogens with zero attached hydrogens (tertiary/aromatic N) is 2. The lowest BCUT2D eigenvalue weighted by Crippen LogP contribution is -2.40. The molecule has 0 aromatic heterocycles. The molecular formula is C6H11N3O. The van der Waals surface area contributed by atoms with Gasteiger partial charge < -0.3 is 4.84 Å². The molecule has 1 saturated heterocycles. The van der Waals surface area contributed by atoms with Gasteiger partial charge in [-0.15, -0.1) is 5.26 Å². The average Bonchev–Trinajstić information content (AvgIpc) is 2.03. The van der Waals surface area contributed by atoms with Gasteiger partial charge in [-0.05, 0) is 12.8 Å². The molecule has 10 heavy (non-hydrogen) atoms. The molecule has 0 radical (unpaired) electrons. The number of hydrogen-bond donors (Lipinski definition) is 1. The van der Waals surface area contributed by atoms with E-state index in [1.807, 2.05) is 5.01 Å². The molecule has 1 heterocycles. The molecule has 0 amide bonds. The summed E-state index contributed by atoms with van der Waals surface area (Å²) in [6, 6.07) is 0. The summed E-state index contributed by atoms with van der Waals surface area (Å²) in [4.78, 5) is 4.35. The highest BCUT2D eigenvalue weighted by Crippen LogP contribution is 2.05. The Morgan fingerprint density at radius 3 is 2.60 bits per heavy atom. The van der Waals surface area contributed by atoms with Crippen LogP contribution < -0.4 is 5.59 Å². The molecule has 0 aromatic rings. The third-order valence-corrected chi connectivity index (χ3v) is 1.58. The fraction of sp³-hybridized carbons (Fsp3) is 0.833. The maximum atomic E-state index is 8.04. The largest absolute Gasteiger partial charge is 0.315 e. The van der Waals surface area contributed by atoms with Gasteiger partial charge in [-0.25, -0.2) is 5.01 Å². The van der Waals surface area contributed by atoms with E-state index in [1.165, 1.54) is 19.3 Å². The van der Waals surface area contributed by atoms with Gasteiger partial charge in [-0.3, -0.25) is 0 Å². The first-order valence-electron chi connectivity index (χ1n) is 3.49. The van der Waals surface area contributed by atoms with Crippen molar-refractivity contribution in [2.75, 3.05) is 13.1 Å². The molecule has 0 spiro atoms. The quantitative estimate of drug-likeness (QED) is 0.446. The number of piperidine rings is 1. The van der Waals surface area contributed by atoms with Crippen molar-refractivity contribution in [3.8, 4) is 6.26 Å².